The predicted octanol–water partition coefficient (Wildman–Crippen LogP) is 2.05. The van der Waals surface area contributed by atoms with Gasteiger partial charge in [0.2, 0.25) is 0 Å². The van der Waals surface area contributed by atoms with Crippen LogP contribution in [0.2, 0.25) is 5.02 Å². The standard InChI is InChI=1S/C15H16ClN3O4S/c16-12-5-4-10(11(9-17)8-15(20)21)7-13(12)19-24(22,23)14-3-1-2-6-18-14/h1-7,11,19H,8-9,17H2,(H,20,21)/t11-/m0/s1. The summed E-state index contributed by atoms with van der Waals surface area (Å²) in [7, 11) is -3.90. The van der Waals surface area contributed by atoms with Crippen LogP contribution in [0.4, 0.5) is 5.69 Å². The fourth-order valence-electron chi connectivity index (χ4n) is 2.13. The van der Waals surface area contributed by atoms with Crippen LogP contribution in [0.3, 0.4) is 0 Å². The number of aliphatic carboxylic acids is 1. The number of carbonyl (C=O) groups is 1. The van der Waals surface area contributed by atoms with Crippen molar-refractivity contribution in [2.24, 2.45) is 5.73 Å². The summed E-state index contributed by atoms with van der Waals surface area (Å²) in [4.78, 5) is 14.7. The fourth-order valence-corrected chi connectivity index (χ4v) is 3.37. The molecule has 0 amide bonds. The lowest BCUT2D eigenvalue weighted by molar-refractivity contribution is -0.137. The Morgan fingerprint density at radius 3 is 2.67 bits per heavy atom. The van der Waals surface area contributed by atoms with Crippen LogP contribution in [0.25, 0.3) is 0 Å². The van der Waals surface area contributed by atoms with Gasteiger partial charge in [0, 0.05) is 12.1 Å². The van der Waals surface area contributed by atoms with Crippen molar-refractivity contribution >= 4 is 33.3 Å². The molecule has 0 saturated heterocycles. The number of halogens is 1. The summed E-state index contributed by atoms with van der Waals surface area (Å²) >= 11 is 6.05. The lowest BCUT2D eigenvalue weighted by Gasteiger charge is -2.16. The van der Waals surface area contributed by atoms with E-state index in [1.54, 1.807) is 18.2 Å². The first-order valence-corrected chi connectivity index (χ1v) is 8.84. The van der Waals surface area contributed by atoms with Crippen molar-refractivity contribution in [1.82, 2.24) is 4.98 Å². The molecule has 0 bridgehead atoms. The number of pyridine rings is 1. The first kappa shape index (κ1) is 18.2. The molecule has 0 unspecified atom stereocenters. The van der Waals surface area contributed by atoms with Crippen molar-refractivity contribution in [2.45, 2.75) is 17.4 Å². The second-order valence-electron chi connectivity index (χ2n) is 5.04. The van der Waals surface area contributed by atoms with Gasteiger partial charge in [-0.05, 0) is 36.4 Å². The molecule has 0 aliphatic heterocycles. The van der Waals surface area contributed by atoms with E-state index in [9.17, 15) is 13.2 Å². The number of sulfonamides is 1. The number of hydrogen-bond acceptors (Lipinski definition) is 5. The molecule has 9 heteroatoms. The number of anilines is 1. The quantitative estimate of drug-likeness (QED) is 0.686. The molecule has 2 aromatic rings. The van der Waals surface area contributed by atoms with E-state index in [0.717, 1.165) is 0 Å². The maximum Gasteiger partial charge on any atom is 0.304 e. The molecule has 128 valence electrons. The number of nitrogens with one attached hydrogen (secondary N) is 1. The van der Waals surface area contributed by atoms with Gasteiger partial charge in [0.25, 0.3) is 10.0 Å². The van der Waals surface area contributed by atoms with Crippen LogP contribution in [-0.4, -0.2) is 31.0 Å². The Balaban J connectivity index is 2.34. The lowest BCUT2D eigenvalue weighted by Crippen LogP contribution is -2.18. The highest BCUT2D eigenvalue weighted by molar-refractivity contribution is 7.92. The summed E-state index contributed by atoms with van der Waals surface area (Å²) in [5, 5.41) is 8.97. The molecular formula is C15H16ClN3O4S. The highest BCUT2D eigenvalue weighted by Gasteiger charge is 2.19. The second kappa shape index (κ2) is 7.61. The van der Waals surface area contributed by atoms with Crippen LogP contribution in [-0.2, 0) is 14.8 Å². The van der Waals surface area contributed by atoms with Crippen LogP contribution >= 0.6 is 11.6 Å². The van der Waals surface area contributed by atoms with Crippen molar-refractivity contribution in [3.05, 3.63) is 53.2 Å². The van der Waals surface area contributed by atoms with E-state index in [1.165, 1.54) is 24.4 Å². The molecule has 1 aromatic carbocycles. The molecular weight excluding hydrogens is 354 g/mol. The van der Waals surface area contributed by atoms with Gasteiger partial charge in [0.1, 0.15) is 0 Å². The number of aromatic nitrogens is 1. The van der Waals surface area contributed by atoms with E-state index in [2.05, 4.69) is 9.71 Å². The number of carboxylic acid groups (broad SMARTS) is 1. The molecule has 1 aromatic heterocycles. The number of nitrogens with two attached hydrogens (primary N) is 1. The predicted molar refractivity (Wildman–Crippen MR) is 90.5 cm³/mol. The number of rotatable bonds is 7. The molecule has 7 nitrogen and oxygen atoms in total. The third-order valence-electron chi connectivity index (χ3n) is 3.32. The van der Waals surface area contributed by atoms with Crippen LogP contribution in [0.1, 0.15) is 17.9 Å². The topological polar surface area (TPSA) is 122 Å². The molecule has 0 spiro atoms. The number of carboxylic acids is 1. The summed E-state index contributed by atoms with van der Waals surface area (Å²) in [6.45, 7) is 0.111. The Hall–Kier alpha value is -2.16. The zero-order valence-corrected chi connectivity index (χ0v) is 14.1. The third-order valence-corrected chi connectivity index (χ3v) is 4.94. The second-order valence-corrected chi connectivity index (χ2v) is 7.08. The van der Waals surface area contributed by atoms with Gasteiger partial charge in [-0.3, -0.25) is 9.52 Å². The van der Waals surface area contributed by atoms with Crippen molar-refractivity contribution in [2.75, 3.05) is 11.3 Å². The maximum absolute atomic E-state index is 12.3. The SMILES string of the molecule is NC[C@H](CC(=O)O)c1ccc(Cl)c(NS(=O)(=O)c2ccccn2)c1. The Bertz CT molecular complexity index is 828. The average molecular weight is 370 g/mol. The van der Waals surface area contributed by atoms with E-state index >= 15 is 0 Å². The zero-order valence-electron chi connectivity index (χ0n) is 12.5. The van der Waals surface area contributed by atoms with E-state index in [0.29, 0.717) is 5.56 Å². The fraction of sp³-hybridized carbons (Fsp3) is 0.200. The summed E-state index contributed by atoms with van der Waals surface area (Å²) in [6.07, 6.45) is 1.20. The van der Waals surface area contributed by atoms with Gasteiger partial charge in [-0.25, -0.2) is 4.98 Å². The first-order valence-electron chi connectivity index (χ1n) is 6.98. The monoisotopic (exact) mass is 369 g/mol. The van der Waals surface area contributed by atoms with Gasteiger partial charge in [-0.2, -0.15) is 8.42 Å². The highest BCUT2D eigenvalue weighted by Crippen LogP contribution is 2.29. The summed E-state index contributed by atoms with van der Waals surface area (Å²) < 4.78 is 27.0. The molecule has 0 aliphatic carbocycles. The van der Waals surface area contributed by atoms with Crippen LogP contribution in [0.15, 0.2) is 47.6 Å². The summed E-state index contributed by atoms with van der Waals surface area (Å²) in [6, 6.07) is 9.12. The van der Waals surface area contributed by atoms with Crippen molar-refractivity contribution in [3.8, 4) is 0 Å². The van der Waals surface area contributed by atoms with Gasteiger partial charge in [-0.15, -0.1) is 0 Å². The maximum atomic E-state index is 12.3. The minimum atomic E-state index is -3.90. The van der Waals surface area contributed by atoms with Gasteiger partial charge in [0.15, 0.2) is 5.03 Å². The Morgan fingerprint density at radius 2 is 2.08 bits per heavy atom. The molecule has 24 heavy (non-hydrogen) atoms. The van der Waals surface area contributed by atoms with Crippen molar-refractivity contribution in [1.29, 1.82) is 0 Å². The van der Waals surface area contributed by atoms with Gasteiger partial charge >= 0.3 is 5.97 Å². The molecule has 0 radical (unpaired) electrons. The minimum absolute atomic E-state index is 0.111. The molecule has 1 atom stereocenters. The van der Waals surface area contributed by atoms with E-state index in [4.69, 9.17) is 22.4 Å². The van der Waals surface area contributed by atoms with E-state index in [-0.39, 0.29) is 28.7 Å². The highest BCUT2D eigenvalue weighted by atomic mass is 35.5. The summed E-state index contributed by atoms with van der Waals surface area (Å²) in [5.41, 5.74) is 6.34. The smallest absolute Gasteiger partial charge is 0.304 e. The number of benzene rings is 1. The molecule has 2 rings (SSSR count). The molecule has 0 aliphatic rings. The minimum Gasteiger partial charge on any atom is -0.481 e. The van der Waals surface area contributed by atoms with Gasteiger partial charge < -0.3 is 10.8 Å². The summed E-state index contributed by atoms with van der Waals surface area (Å²) in [5.74, 6) is -1.44. The zero-order chi connectivity index (χ0) is 17.7. The molecule has 4 N–H and O–H groups in total. The molecule has 1 heterocycles. The van der Waals surface area contributed by atoms with Crippen LogP contribution < -0.4 is 10.5 Å². The van der Waals surface area contributed by atoms with E-state index in [1.807, 2.05) is 0 Å². The van der Waals surface area contributed by atoms with Crippen LogP contribution in [0.5, 0.6) is 0 Å². The lowest BCUT2D eigenvalue weighted by atomic mass is 9.95. The van der Waals surface area contributed by atoms with E-state index < -0.39 is 21.9 Å². The van der Waals surface area contributed by atoms with Crippen molar-refractivity contribution < 1.29 is 18.3 Å². The average Bonchev–Trinajstić information content (AvgIpc) is 2.55. The number of nitrogens with zero attached hydrogens (tertiary/aromatic N) is 1. The third kappa shape index (κ3) is 4.44. The number of hydrogen-bond donors (Lipinski definition) is 3. The van der Waals surface area contributed by atoms with Gasteiger partial charge in [0.05, 0.1) is 17.1 Å². The first-order chi connectivity index (χ1) is 11.3. The van der Waals surface area contributed by atoms with Crippen molar-refractivity contribution in [3.63, 3.8) is 0 Å². The van der Waals surface area contributed by atoms with Crippen LogP contribution in [0, 0.1) is 0 Å². The molecule has 0 fully saturated rings. The Morgan fingerprint density at radius 1 is 1.33 bits per heavy atom. The molecule has 0 saturated carbocycles. The van der Waals surface area contributed by atoms with Gasteiger partial charge in [-0.1, -0.05) is 23.7 Å². The normalized spacial score (nSPS) is 12.6. The largest absolute Gasteiger partial charge is 0.481 e. The Labute approximate surface area is 144 Å². The Kier molecular flexibility index (Phi) is 5.76.